The molecule has 30 heavy (non-hydrogen) atoms. The second-order valence-corrected chi connectivity index (χ2v) is 6.63. The zero-order valence-corrected chi connectivity index (χ0v) is 16.6. The van der Waals surface area contributed by atoms with Gasteiger partial charge in [0.2, 0.25) is 5.91 Å². The number of para-hydroxylation sites is 1. The summed E-state index contributed by atoms with van der Waals surface area (Å²) in [6, 6.07) is 12.3. The van der Waals surface area contributed by atoms with Gasteiger partial charge in [-0.25, -0.2) is 14.6 Å². The van der Waals surface area contributed by atoms with E-state index < -0.39 is 11.9 Å². The fraction of sp³-hybridized carbons (Fsp3) is 0.333. The third kappa shape index (κ3) is 7.17. The number of pyridine rings is 1. The number of nitrogens with two attached hydrogens (primary N) is 1. The number of rotatable bonds is 6. The van der Waals surface area contributed by atoms with Gasteiger partial charge in [0.1, 0.15) is 5.82 Å². The average molecular weight is 414 g/mol. The molecule has 160 valence electrons. The van der Waals surface area contributed by atoms with Crippen molar-refractivity contribution in [3.63, 3.8) is 0 Å². The van der Waals surface area contributed by atoms with Crippen LogP contribution in [0, 0.1) is 0 Å². The summed E-state index contributed by atoms with van der Waals surface area (Å²) in [5.74, 6) is -1.30. The van der Waals surface area contributed by atoms with Crippen molar-refractivity contribution in [2.24, 2.45) is 5.73 Å². The molecule has 0 radical (unpaired) electrons. The molecule has 2 aromatic rings. The molecular weight excluding hydrogens is 388 g/mol. The van der Waals surface area contributed by atoms with Crippen molar-refractivity contribution in [3.8, 4) is 0 Å². The minimum absolute atomic E-state index is 0.219. The van der Waals surface area contributed by atoms with Gasteiger partial charge in [-0.3, -0.25) is 4.79 Å². The Bertz CT molecular complexity index is 891. The van der Waals surface area contributed by atoms with Crippen molar-refractivity contribution in [1.82, 2.24) is 9.88 Å². The van der Waals surface area contributed by atoms with Gasteiger partial charge in [0, 0.05) is 50.1 Å². The predicted octanol–water partition coefficient (Wildman–Crippen LogP) is 1.33. The maximum Gasteiger partial charge on any atom is 0.328 e. The van der Waals surface area contributed by atoms with E-state index in [0.29, 0.717) is 25.1 Å². The van der Waals surface area contributed by atoms with Gasteiger partial charge < -0.3 is 25.7 Å². The Kier molecular flexibility index (Phi) is 8.76. The Morgan fingerprint density at radius 3 is 2.20 bits per heavy atom. The average Bonchev–Trinajstić information content (AvgIpc) is 2.76. The summed E-state index contributed by atoms with van der Waals surface area (Å²) in [6.45, 7) is 3.77. The van der Waals surface area contributed by atoms with Crippen molar-refractivity contribution < 1.29 is 24.6 Å². The lowest BCUT2D eigenvalue weighted by atomic mass is 10.2. The second-order valence-electron chi connectivity index (χ2n) is 6.63. The fourth-order valence-corrected chi connectivity index (χ4v) is 2.97. The second kappa shape index (κ2) is 11.5. The van der Waals surface area contributed by atoms with Crippen molar-refractivity contribution in [2.45, 2.75) is 12.8 Å². The van der Waals surface area contributed by atoms with Crippen molar-refractivity contribution in [2.75, 3.05) is 37.6 Å². The number of carbonyl (C=O) groups excluding carboxylic acids is 1. The number of anilines is 1. The SMILES string of the molecule is NCCCC(=O)N1CCN(c2ccc3ccccc3n2)CC1.O=C(O)/C=C/C(=O)O. The zero-order chi connectivity index (χ0) is 21.9. The Balaban J connectivity index is 0.000000343. The van der Waals surface area contributed by atoms with E-state index in [9.17, 15) is 14.4 Å². The molecular formula is C21H26N4O5. The van der Waals surface area contributed by atoms with Crippen molar-refractivity contribution in [3.05, 3.63) is 48.6 Å². The van der Waals surface area contributed by atoms with Gasteiger partial charge in [0.25, 0.3) is 0 Å². The van der Waals surface area contributed by atoms with Gasteiger partial charge in [-0.15, -0.1) is 0 Å². The summed E-state index contributed by atoms with van der Waals surface area (Å²) in [5.41, 5.74) is 6.48. The summed E-state index contributed by atoms with van der Waals surface area (Å²) in [6.07, 6.45) is 2.45. The summed E-state index contributed by atoms with van der Waals surface area (Å²) < 4.78 is 0. The molecule has 1 aliphatic rings. The van der Waals surface area contributed by atoms with E-state index in [1.165, 1.54) is 0 Å². The van der Waals surface area contributed by atoms with Crippen LogP contribution in [0.15, 0.2) is 48.6 Å². The topological polar surface area (TPSA) is 137 Å². The number of aliphatic carboxylic acids is 2. The Hall–Kier alpha value is -3.46. The first-order valence-electron chi connectivity index (χ1n) is 9.63. The largest absolute Gasteiger partial charge is 0.478 e. The number of carbonyl (C=O) groups is 3. The van der Waals surface area contributed by atoms with E-state index in [2.05, 4.69) is 23.1 Å². The maximum atomic E-state index is 12.0. The van der Waals surface area contributed by atoms with Crippen LogP contribution in [0.2, 0.25) is 0 Å². The van der Waals surface area contributed by atoms with E-state index in [-0.39, 0.29) is 5.91 Å². The summed E-state index contributed by atoms with van der Waals surface area (Å²) in [7, 11) is 0. The molecule has 0 spiro atoms. The number of benzene rings is 1. The van der Waals surface area contributed by atoms with E-state index in [1.807, 2.05) is 23.1 Å². The van der Waals surface area contributed by atoms with E-state index in [4.69, 9.17) is 20.9 Å². The van der Waals surface area contributed by atoms with Crippen molar-refractivity contribution in [1.29, 1.82) is 0 Å². The third-order valence-electron chi connectivity index (χ3n) is 4.50. The van der Waals surface area contributed by atoms with E-state index in [1.54, 1.807) is 0 Å². The Labute approximate surface area is 174 Å². The molecule has 1 aromatic heterocycles. The molecule has 1 aliphatic heterocycles. The summed E-state index contributed by atoms with van der Waals surface area (Å²) in [4.78, 5) is 40.0. The number of hydrogen-bond donors (Lipinski definition) is 3. The van der Waals surface area contributed by atoms with Crippen LogP contribution < -0.4 is 10.6 Å². The number of hydrogen-bond acceptors (Lipinski definition) is 6. The van der Waals surface area contributed by atoms with Gasteiger partial charge in [0.05, 0.1) is 5.52 Å². The smallest absolute Gasteiger partial charge is 0.328 e. The van der Waals surface area contributed by atoms with Crippen LogP contribution in [0.3, 0.4) is 0 Å². The minimum atomic E-state index is -1.26. The lowest BCUT2D eigenvalue weighted by Crippen LogP contribution is -2.49. The molecule has 3 rings (SSSR count). The number of carboxylic acid groups (broad SMARTS) is 2. The molecule has 0 bridgehead atoms. The normalized spacial score (nSPS) is 13.8. The Morgan fingerprint density at radius 1 is 0.967 bits per heavy atom. The first-order chi connectivity index (χ1) is 14.4. The zero-order valence-electron chi connectivity index (χ0n) is 16.6. The Morgan fingerprint density at radius 2 is 1.60 bits per heavy atom. The van der Waals surface area contributed by atoms with E-state index in [0.717, 1.165) is 49.3 Å². The monoisotopic (exact) mass is 414 g/mol. The molecule has 2 heterocycles. The quantitative estimate of drug-likeness (QED) is 0.602. The van der Waals surface area contributed by atoms with Crippen LogP contribution in [-0.4, -0.2) is 70.7 Å². The van der Waals surface area contributed by atoms with Gasteiger partial charge >= 0.3 is 11.9 Å². The van der Waals surface area contributed by atoms with Crippen LogP contribution in [0.4, 0.5) is 5.82 Å². The first kappa shape index (κ1) is 22.8. The molecule has 0 unspecified atom stereocenters. The number of piperazine rings is 1. The number of amides is 1. The summed E-state index contributed by atoms with van der Waals surface area (Å²) >= 11 is 0. The van der Waals surface area contributed by atoms with Crippen LogP contribution >= 0.6 is 0 Å². The van der Waals surface area contributed by atoms with Crippen LogP contribution in [0.5, 0.6) is 0 Å². The highest BCUT2D eigenvalue weighted by Crippen LogP contribution is 2.19. The van der Waals surface area contributed by atoms with Crippen molar-refractivity contribution >= 4 is 34.6 Å². The highest BCUT2D eigenvalue weighted by Gasteiger charge is 2.21. The molecule has 0 aliphatic carbocycles. The number of fused-ring (bicyclic) bond motifs is 1. The molecule has 9 nitrogen and oxygen atoms in total. The van der Waals surface area contributed by atoms with Gasteiger partial charge in [-0.2, -0.15) is 0 Å². The molecule has 4 N–H and O–H groups in total. The van der Waals surface area contributed by atoms with Gasteiger partial charge in [-0.1, -0.05) is 18.2 Å². The molecule has 1 amide bonds. The number of nitrogens with zero attached hydrogens (tertiary/aromatic N) is 3. The molecule has 0 atom stereocenters. The maximum absolute atomic E-state index is 12.0. The molecule has 9 heteroatoms. The molecule has 1 aromatic carbocycles. The third-order valence-corrected chi connectivity index (χ3v) is 4.50. The number of carboxylic acids is 2. The minimum Gasteiger partial charge on any atom is -0.478 e. The van der Waals surface area contributed by atoms with Crippen LogP contribution in [-0.2, 0) is 14.4 Å². The highest BCUT2D eigenvalue weighted by atomic mass is 16.4. The molecule has 0 saturated carbocycles. The highest BCUT2D eigenvalue weighted by molar-refractivity contribution is 5.89. The van der Waals surface area contributed by atoms with Crippen LogP contribution in [0.25, 0.3) is 10.9 Å². The predicted molar refractivity (Wildman–Crippen MR) is 113 cm³/mol. The molecule has 1 saturated heterocycles. The first-order valence-corrected chi connectivity index (χ1v) is 9.63. The lowest BCUT2D eigenvalue weighted by Gasteiger charge is -2.35. The summed E-state index contributed by atoms with van der Waals surface area (Å²) in [5, 5.41) is 16.8. The fourth-order valence-electron chi connectivity index (χ4n) is 2.97. The lowest BCUT2D eigenvalue weighted by molar-refractivity contribution is -0.134. The standard InChI is InChI=1S/C17H22N4O.C4H4O4/c18-9-3-6-17(22)21-12-10-20(11-13-21)16-8-7-14-4-1-2-5-15(14)19-16;5-3(6)1-2-4(7)8/h1-2,4-5,7-8H,3,6,9-13,18H2;1-2H,(H,5,6)(H,7,8)/b;2-1+. The van der Waals surface area contributed by atoms with E-state index >= 15 is 0 Å². The number of aromatic nitrogens is 1. The van der Waals surface area contributed by atoms with Gasteiger partial charge in [0.15, 0.2) is 0 Å². The van der Waals surface area contributed by atoms with Gasteiger partial charge in [-0.05, 0) is 31.2 Å². The molecule has 1 fully saturated rings. The van der Waals surface area contributed by atoms with Crippen LogP contribution in [0.1, 0.15) is 12.8 Å².